The Labute approximate surface area is 129 Å². The molecule has 0 aromatic heterocycles. The van der Waals surface area contributed by atoms with E-state index in [-0.39, 0.29) is 17.5 Å². The van der Waals surface area contributed by atoms with Crippen LogP contribution in [-0.4, -0.2) is 17.5 Å². The molecule has 4 rings (SSSR count). The average Bonchev–Trinajstić information content (AvgIpc) is 2.21. The summed E-state index contributed by atoms with van der Waals surface area (Å²) in [6.45, 7) is 9.12. The Morgan fingerprint density at radius 2 is 1.71 bits per heavy atom. The van der Waals surface area contributed by atoms with Crippen molar-refractivity contribution in [1.82, 2.24) is 5.32 Å². The fourth-order valence-corrected chi connectivity index (χ4v) is 6.56. The van der Waals surface area contributed by atoms with Crippen LogP contribution in [0.5, 0.6) is 0 Å². The lowest BCUT2D eigenvalue weighted by atomic mass is 9.43. The summed E-state index contributed by atoms with van der Waals surface area (Å²) in [6, 6.07) is -0.349. The van der Waals surface area contributed by atoms with E-state index in [2.05, 4.69) is 33.0 Å². The van der Waals surface area contributed by atoms with Gasteiger partial charge in [0.1, 0.15) is 0 Å². The van der Waals surface area contributed by atoms with Crippen molar-refractivity contribution in [3.8, 4) is 0 Å². The van der Waals surface area contributed by atoms with E-state index in [0.29, 0.717) is 16.7 Å². The molecule has 0 aromatic carbocycles. The van der Waals surface area contributed by atoms with Gasteiger partial charge in [0.05, 0.1) is 6.04 Å². The first-order valence-electron chi connectivity index (χ1n) is 8.70. The Hall–Kier alpha value is -0.570. The van der Waals surface area contributed by atoms with Crippen molar-refractivity contribution >= 4 is 5.91 Å². The lowest BCUT2D eigenvalue weighted by Crippen LogP contribution is -2.66. The predicted molar refractivity (Wildman–Crippen MR) is 85.7 cm³/mol. The second-order valence-electron chi connectivity index (χ2n) is 9.64. The molecule has 21 heavy (non-hydrogen) atoms. The summed E-state index contributed by atoms with van der Waals surface area (Å²) in [7, 11) is 0. The van der Waals surface area contributed by atoms with E-state index in [9.17, 15) is 4.79 Å². The number of hydrogen-bond acceptors (Lipinski definition) is 2. The van der Waals surface area contributed by atoms with Gasteiger partial charge in [-0.25, -0.2) is 0 Å². The van der Waals surface area contributed by atoms with Crippen LogP contribution in [0.1, 0.15) is 72.6 Å². The quantitative estimate of drug-likeness (QED) is 0.836. The van der Waals surface area contributed by atoms with Crippen LogP contribution >= 0.6 is 0 Å². The first-order chi connectivity index (χ1) is 9.63. The smallest absolute Gasteiger partial charge is 0.237 e. The zero-order valence-electron chi connectivity index (χ0n) is 14.2. The third-order valence-corrected chi connectivity index (χ3v) is 6.08. The van der Waals surface area contributed by atoms with Crippen molar-refractivity contribution in [3.05, 3.63) is 0 Å². The standard InChI is InChI=1S/C18H32N2O/c1-12(2)5-14(19)15(21)20-18-8-13-6-16(3,10-18)9-17(4,7-13)11-18/h12-14H,5-11,19H2,1-4H3,(H,20,21)/t13?,14-,16?,17?,18?/m1/s1. The van der Waals surface area contributed by atoms with E-state index in [1.54, 1.807) is 0 Å². The van der Waals surface area contributed by atoms with Gasteiger partial charge < -0.3 is 11.1 Å². The van der Waals surface area contributed by atoms with Crippen molar-refractivity contribution < 1.29 is 4.79 Å². The maximum Gasteiger partial charge on any atom is 0.237 e. The molecular weight excluding hydrogens is 260 g/mol. The molecule has 0 aliphatic heterocycles. The Balaban J connectivity index is 1.74. The van der Waals surface area contributed by atoms with Gasteiger partial charge in [0.2, 0.25) is 5.91 Å². The highest BCUT2D eigenvalue weighted by Gasteiger charge is 2.60. The molecule has 3 heteroatoms. The minimum atomic E-state index is -0.349. The zero-order valence-corrected chi connectivity index (χ0v) is 14.2. The average molecular weight is 292 g/mol. The minimum Gasteiger partial charge on any atom is -0.349 e. The fourth-order valence-electron chi connectivity index (χ4n) is 6.56. The maximum absolute atomic E-state index is 12.5. The van der Waals surface area contributed by atoms with Gasteiger partial charge in [-0.2, -0.15) is 0 Å². The van der Waals surface area contributed by atoms with E-state index in [4.69, 9.17) is 5.73 Å². The molecule has 4 saturated carbocycles. The van der Waals surface area contributed by atoms with Crippen LogP contribution in [0.3, 0.4) is 0 Å². The fraction of sp³-hybridized carbons (Fsp3) is 0.944. The van der Waals surface area contributed by atoms with Gasteiger partial charge >= 0.3 is 0 Å². The molecule has 4 aliphatic rings. The lowest BCUT2D eigenvalue weighted by molar-refractivity contribution is -0.140. The highest BCUT2D eigenvalue weighted by Crippen LogP contribution is 2.66. The molecule has 3 N–H and O–H groups in total. The molecule has 4 aliphatic carbocycles. The Bertz CT molecular complexity index is 426. The first kappa shape index (κ1) is 15.3. The van der Waals surface area contributed by atoms with Crippen LogP contribution in [0.4, 0.5) is 0 Å². The zero-order chi connectivity index (χ0) is 15.5. The summed E-state index contributed by atoms with van der Waals surface area (Å²) in [4.78, 5) is 12.5. The second kappa shape index (κ2) is 4.71. The Kier molecular flexibility index (Phi) is 3.44. The number of nitrogens with one attached hydrogen (secondary N) is 1. The number of carbonyl (C=O) groups is 1. The third-order valence-electron chi connectivity index (χ3n) is 6.08. The van der Waals surface area contributed by atoms with Crippen molar-refractivity contribution in [2.45, 2.75) is 84.2 Å². The largest absolute Gasteiger partial charge is 0.349 e. The summed E-state index contributed by atoms with van der Waals surface area (Å²) >= 11 is 0. The van der Waals surface area contributed by atoms with E-state index in [1.807, 2.05) is 0 Å². The van der Waals surface area contributed by atoms with E-state index in [1.165, 1.54) is 25.7 Å². The molecule has 0 heterocycles. The molecular formula is C18H32N2O. The van der Waals surface area contributed by atoms with Crippen LogP contribution in [0.25, 0.3) is 0 Å². The molecule has 3 nitrogen and oxygen atoms in total. The summed E-state index contributed by atoms with van der Waals surface area (Å²) < 4.78 is 0. The Morgan fingerprint density at radius 1 is 1.14 bits per heavy atom. The predicted octanol–water partition coefficient (Wildman–Crippen LogP) is 3.23. The summed E-state index contributed by atoms with van der Waals surface area (Å²) in [5, 5.41) is 3.42. The van der Waals surface area contributed by atoms with Gasteiger partial charge in [0, 0.05) is 5.54 Å². The lowest BCUT2D eigenvalue weighted by Gasteiger charge is -2.65. The number of carbonyl (C=O) groups excluding carboxylic acids is 1. The molecule has 120 valence electrons. The minimum absolute atomic E-state index is 0.0363. The maximum atomic E-state index is 12.5. The molecule has 0 aromatic rings. The van der Waals surface area contributed by atoms with Crippen molar-refractivity contribution in [2.24, 2.45) is 28.4 Å². The highest BCUT2D eigenvalue weighted by molar-refractivity contribution is 5.82. The molecule has 3 atom stereocenters. The van der Waals surface area contributed by atoms with Crippen LogP contribution in [0, 0.1) is 22.7 Å². The first-order valence-corrected chi connectivity index (χ1v) is 8.70. The van der Waals surface area contributed by atoms with Crippen LogP contribution < -0.4 is 11.1 Å². The molecule has 4 fully saturated rings. The third kappa shape index (κ3) is 2.86. The van der Waals surface area contributed by atoms with Crippen molar-refractivity contribution in [3.63, 3.8) is 0 Å². The van der Waals surface area contributed by atoms with Crippen molar-refractivity contribution in [2.75, 3.05) is 0 Å². The van der Waals surface area contributed by atoms with E-state index >= 15 is 0 Å². The number of hydrogen-bond donors (Lipinski definition) is 2. The van der Waals surface area contributed by atoms with Gasteiger partial charge in [-0.3, -0.25) is 4.79 Å². The second-order valence-corrected chi connectivity index (χ2v) is 9.64. The van der Waals surface area contributed by atoms with Gasteiger partial charge in [-0.15, -0.1) is 0 Å². The normalized spacial score (nSPS) is 45.9. The highest BCUT2D eigenvalue weighted by atomic mass is 16.2. The van der Waals surface area contributed by atoms with Gasteiger partial charge in [-0.1, -0.05) is 27.7 Å². The molecule has 2 unspecified atom stereocenters. The van der Waals surface area contributed by atoms with Gasteiger partial charge in [0.15, 0.2) is 0 Å². The Morgan fingerprint density at radius 3 is 2.19 bits per heavy atom. The number of nitrogens with two attached hydrogens (primary N) is 1. The molecule has 4 bridgehead atoms. The SMILES string of the molecule is CC(C)C[C@@H](N)C(=O)NC12CC3CC(C)(CC(C)(C3)C1)C2. The summed E-state index contributed by atoms with van der Waals surface area (Å²) in [5.74, 6) is 1.35. The van der Waals surface area contributed by atoms with Crippen LogP contribution in [0.15, 0.2) is 0 Å². The number of amides is 1. The van der Waals surface area contributed by atoms with Gasteiger partial charge in [-0.05, 0) is 67.6 Å². The summed E-state index contributed by atoms with van der Waals surface area (Å²) in [6.07, 6.45) is 8.33. The van der Waals surface area contributed by atoms with Crippen molar-refractivity contribution in [1.29, 1.82) is 0 Å². The molecule has 0 saturated heterocycles. The topological polar surface area (TPSA) is 55.1 Å². The van der Waals surface area contributed by atoms with E-state index < -0.39 is 0 Å². The van der Waals surface area contributed by atoms with Crippen LogP contribution in [-0.2, 0) is 4.79 Å². The number of rotatable bonds is 4. The molecule has 0 spiro atoms. The van der Waals surface area contributed by atoms with Gasteiger partial charge in [0.25, 0.3) is 0 Å². The molecule has 0 radical (unpaired) electrons. The van der Waals surface area contributed by atoms with Crippen LogP contribution in [0.2, 0.25) is 0 Å². The monoisotopic (exact) mass is 292 g/mol. The summed E-state index contributed by atoms with van der Waals surface area (Å²) in [5.41, 5.74) is 7.01. The molecule has 1 amide bonds. The van der Waals surface area contributed by atoms with E-state index in [0.717, 1.165) is 25.2 Å².